The predicted octanol–water partition coefficient (Wildman–Crippen LogP) is -0.988. The van der Waals surface area contributed by atoms with Crippen LogP contribution in [0.15, 0.2) is 42.9 Å². The molecule has 1 fully saturated rings. The van der Waals surface area contributed by atoms with Crippen LogP contribution in [0.1, 0.15) is 25.3 Å². The molecular formula is C30H28N4O13S4Se. The van der Waals surface area contributed by atoms with E-state index in [4.69, 9.17) is 16.6 Å². The Balaban J connectivity index is 1.80. The first-order chi connectivity index (χ1) is 24.4. The maximum absolute atomic E-state index is 13.9. The van der Waals surface area contributed by atoms with Gasteiger partial charge in [0.05, 0.1) is 0 Å². The van der Waals surface area contributed by atoms with Gasteiger partial charge in [-0.1, -0.05) is 12.2 Å². The number of rotatable bonds is 12. The molecule has 2 aliphatic rings. The standard InChI is InChI=1S/C30H28N4O13S4Se/c1-3-15(10-18-31(7-4-8-51(44,45)46)16-9-14(2)5-6-17(16)52-18)22-25(41)32(11-19(35)36)28(47-22)23-26(42)33(12-20(37)38)29(49-23)24-27(43)34(13-21(39)40)30(48)50-24/h5-6,9-10H,3-4,7-8,11-13H2,1-2H3,(H,35,36)(H,37,38)(H,39,40)(H,44,45,46)/b18-10-,22-15+,28-23+,29-24+. The second-order valence-electron chi connectivity index (χ2n) is 11.3. The predicted molar refractivity (Wildman–Crippen MR) is 193 cm³/mol. The average Bonchev–Trinajstić information content (AvgIpc) is 3.73. The number of aryl methyl sites for hydroxylation is 1. The second-order valence-corrected chi connectivity index (χ2v) is 17.7. The molecule has 17 nitrogen and oxygen atoms in total. The summed E-state index contributed by atoms with van der Waals surface area (Å²) >= 11 is 6.02. The first-order valence-corrected chi connectivity index (χ1v) is 20.4. The van der Waals surface area contributed by atoms with Crippen LogP contribution in [-0.4, -0.2) is 104 Å². The molecule has 276 valence electrons. The zero-order valence-electron chi connectivity index (χ0n) is 27.1. The van der Waals surface area contributed by atoms with Gasteiger partial charge in [0.15, 0.2) is 0 Å². The number of carbonyl (C=O) groups excluding carboxylic acids is 1. The van der Waals surface area contributed by atoms with E-state index in [1.54, 1.807) is 13.0 Å². The third-order valence-electron chi connectivity index (χ3n) is 7.52. The number of thiocarbonyl (C=S) groups is 1. The van der Waals surface area contributed by atoms with E-state index in [1.165, 1.54) is 0 Å². The van der Waals surface area contributed by atoms with E-state index in [0.717, 1.165) is 25.2 Å². The van der Waals surface area contributed by atoms with Gasteiger partial charge in [0, 0.05) is 0 Å². The summed E-state index contributed by atoms with van der Waals surface area (Å²) in [6.07, 6.45) is 1.95. The van der Waals surface area contributed by atoms with Crippen molar-refractivity contribution in [3.8, 4) is 0 Å². The van der Waals surface area contributed by atoms with Crippen LogP contribution in [0.25, 0.3) is 10.5 Å². The number of carbonyl (C=O) groups is 4. The van der Waals surface area contributed by atoms with Gasteiger partial charge in [-0.2, -0.15) is 0 Å². The summed E-state index contributed by atoms with van der Waals surface area (Å²) in [5.74, 6) is -5.68. The van der Waals surface area contributed by atoms with Crippen molar-refractivity contribution in [2.24, 2.45) is 0 Å². The number of anilines is 1. The SMILES string of the molecule is CCC(/C=C1\[Se]c2ccc(C)cc2N1CCCS(=O)(=O)O)=c1\o/c(=c2/s/c(=C3/SC(=S)N(CC(=O)O)C3=O)n(CC(=O)O)c2=O)n(CC(=O)O)c1=O. The molecule has 1 saturated heterocycles. The van der Waals surface area contributed by atoms with E-state index in [9.17, 15) is 57.1 Å². The van der Waals surface area contributed by atoms with Gasteiger partial charge in [0.1, 0.15) is 6.54 Å². The Hall–Kier alpha value is -4.31. The molecule has 52 heavy (non-hydrogen) atoms. The number of carboxylic acids is 3. The number of carboxylic acid groups (broad SMARTS) is 3. The summed E-state index contributed by atoms with van der Waals surface area (Å²) in [4.78, 5) is 78.4. The molecule has 5 rings (SSSR count). The van der Waals surface area contributed by atoms with E-state index < -0.39 is 80.5 Å². The molecule has 0 bridgehead atoms. The minimum absolute atomic E-state index is 0.0827. The van der Waals surface area contributed by atoms with Crippen molar-refractivity contribution in [1.82, 2.24) is 14.0 Å². The fraction of sp³-hybridized carbons (Fsp3) is 0.300. The monoisotopic (exact) mass is 860 g/mol. The number of hydrogen-bond donors (Lipinski definition) is 4. The second kappa shape index (κ2) is 15.3. The third-order valence-corrected chi connectivity index (χ3v) is 13.4. The van der Waals surface area contributed by atoms with Gasteiger partial charge in [-0.05, 0) is 0 Å². The maximum atomic E-state index is 13.9. The van der Waals surface area contributed by atoms with Crippen molar-refractivity contribution in [3.05, 3.63) is 75.3 Å². The molecule has 0 aliphatic carbocycles. The summed E-state index contributed by atoms with van der Waals surface area (Å²) in [6.45, 7) is 1.13. The molecule has 0 atom stereocenters. The van der Waals surface area contributed by atoms with Gasteiger partial charge in [-0.3, -0.25) is 4.79 Å². The van der Waals surface area contributed by atoms with Crippen LogP contribution in [0.4, 0.5) is 5.69 Å². The number of nitrogens with zero attached hydrogens (tertiary/aromatic N) is 4. The molecule has 0 saturated carbocycles. The van der Waals surface area contributed by atoms with Crippen LogP contribution in [0.2, 0.25) is 0 Å². The zero-order chi connectivity index (χ0) is 38.2. The first kappa shape index (κ1) is 38.9. The molecule has 0 spiro atoms. The van der Waals surface area contributed by atoms with Crippen LogP contribution in [0.5, 0.6) is 0 Å². The van der Waals surface area contributed by atoms with Crippen molar-refractivity contribution >= 4 is 109 Å². The van der Waals surface area contributed by atoms with Gasteiger partial charge in [0.2, 0.25) is 0 Å². The van der Waals surface area contributed by atoms with E-state index >= 15 is 0 Å². The molecule has 1 aromatic carbocycles. The third kappa shape index (κ3) is 8.17. The molecule has 2 aromatic heterocycles. The summed E-state index contributed by atoms with van der Waals surface area (Å²) in [5.41, 5.74) is -0.660. The Morgan fingerprint density at radius 1 is 0.981 bits per heavy atom. The molecule has 0 unspecified atom stereocenters. The van der Waals surface area contributed by atoms with Crippen LogP contribution in [0.3, 0.4) is 0 Å². The summed E-state index contributed by atoms with van der Waals surface area (Å²) < 4.78 is 40.6. The van der Waals surface area contributed by atoms with Gasteiger partial charge >= 0.3 is 285 Å². The first-order valence-electron chi connectivity index (χ1n) is 15.0. The molecule has 0 radical (unpaired) electrons. The Kier molecular flexibility index (Phi) is 11.5. The molecule has 1 amide bonds. The van der Waals surface area contributed by atoms with Crippen molar-refractivity contribution in [1.29, 1.82) is 0 Å². The molecule has 22 heteroatoms. The molecule has 4 N–H and O–H groups in total. The Morgan fingerprint density at radius 2 is 1.63 bits per heavy atom. The summed E-state index contributed by atoms with van der Waals surface area (Å²) in [6, 6.07) is 5.79. The Labute approximate surface area is 312 Å². The van der Waals surface area contributed by atoms with Crippen molar-refractivity contribution in [2.45, 2.75) is 39.8 Å². The van der Waals surface area contributed by atoms with Gasteiger partial charge in [0.25, 0.3) is 0 Å². The van der Waals surface area contributed by atoms with Crippen molar-refractivity contribution < 1.29 is 51.9 Å². The number of oxazole rings is 1. The van der Waals surface area contributed by atoms with E-state index in [1.807, 2.05) is 30.0 Å². The number of amides is 1. The number of fused-ring (bicyclic) bond motifs is 1. The summed E-state index contributed by atoms with van der Waals surface area (Å²) in [7, 11) is -4.23. The number of thioether (sulfide) groups is 1. The van der Waals surface area contributed by atoms with Crippen LogP contribution in [0, 0.1) is 17.0 Å². The Bertz CT molecular complexity index is 2550. The Morgan fingerprint density at radius 3 is 2.25 bits per heavy atom. The van der Waals surface area contributed by atoms with Gasteiger partial charge in [-0.15, -0.1) is 0 Å². The number of allylic oxidation sites excluding steroid dienone is 1. The average molecular weight is 860 g/mol. The van der Waals surface area contributed by atoms with Crippen LogP contribution in [-0.2, 0) is 42.4 Å². The molecule has 4 heterocycles. The normalized spacial score (nSPS) is 17.6. The van der Waals surface area contributed by atoms with Crippen LogP contribution >= 0.6 is 35.3 Å². The summed E-state index contributed by atoms with van der Waals surface area (Å²) in [5, 5.41) is 28.5. The molecule has 2 aliphatic heterocycles. The zero-order valence-corrected chi connectivity index (χ0v) is 32.0. The topological polar surface area (TPSA) is 247 Å². The number of aromatic nitrogens is 2. The molecular weight excluding hydrogens is 832 g/mol. The number of benzene rings is 1. The number of hydrogen-bond acceptors (Lipinski definition) is 13. The van der Waals surface area contributed by atoms with Gasteiger partial charge in [-0.25, -0.2) is 0 Å². The molecule has 3 aromatic rings. The van der Waals surface area contributed by atoms with Crippen molar-refractivity contribution in [2.75, 3.05) is 23.7 Å². The van der Waals surface area contributed by atoms with Gasteiger partial charge < -0.3 is 5.11 Å². The van der Waals surface area contributed by atoms with Crippen LogP contribution < -0.4 is 30.6 Å². The fourth-order valence-electron chi connectivity index (χ4n) is 5.28. The van der Waals surface area contributed by atoms with E-state index in [-0.39, 0.29) is 53.6 Å². The van der Waals surface area contributed by atoms with E-state index in [0.29, 0.717) is 37.8 Å². The number of thiazole rings is 1. The quantitative estimate of drug-likeness (QED) is 0.0971. The van der Waals surface area contributed by atoms with Crippen molar-refractivity contribution in [3.63, 3.8) is 0 Å². The number of aliphatic carboxylic acids is 3. The van der Waals surface area contributed by atoms with E-state index in [2.05, 4.69) is 0 Å². The fourth-order valence-corrected chi connectivity index (χ4v) is 10.7. The minimum atomic E-state index is -4.23.